The third-order valence-electron chi connectivity index (χ3n) is 1.80. The lowest BCUT2D eigenvalue weighted by Gasteiger charge is -2.05. The topological polar surface area (TPSA) is 67.8 Å². The second-order valence-corrected chi connectivity index (χ2v) is 3.21. The Balaban J connectivity index is 2.89. The van der Waals surface area contributed by atoms with Crippen LogP contribution in [0.1, 0.15) is 19.3 Å². The number of aliphatic carboxylic acids is 1. The van der Waals surface area contributed by atoms with Gasteiger partial charge in [-0.3, -0.25) is 4.79 Å². The molecule has 5 heteroatoms. The van der Waals surface area contributed by atoms with Crippen LogP contribution < -0.4 is 5.32 Å². The maximum Gasteiger partial charge on any atom is 0.303 e. The fraction of sp³-hybridized carbons (Fsp3) is 0.900. The monoisotopic (exact) mass is 219 g/mol. The van der Waals surface area contributed by atoms with Crippen LogP contribution in [0, 0.1) is 0 Å². The normalized spacial score (nSPS) is 10.5. The van der Waals surface area contributed by atoms with E-state index in [1.165, 1.54) is 0 Å². The van der Waals surface area contributed by atoms with Crippen LogP contribution in [-0.2, 0) is 14.3 Å². The van der Waals surface area contributed by atoms with E-state index in [1.54, 1.807) is 7.11 Å². The number of carboxylic acids is 1. The molecule has 0 unspecified atom stereocenters. The number of ether oxygens (including phenoxy) is 2. The van der Waals surface area contributed by atoms with Gasteiger partial charge in [0.15, 0.2) is 0 Å². The first-order valence-corrected chi connectivity index (χ1v) is 5.26. The van der Waals surface area contributed by atoms with Crippen molar-refractivity contribution in [2.45, 2.75) is 19.3 Å². The predicted octanol–water partition coefficient (Wildman–Crippen LogP) is 0.494. The molecule has 0 bridgehead atoms. The lowest BCUT2D eigenvalue weighted by molar-refractivity contribution is -0.137. The molecule has 0 saturated carbocycles. The highest BCUT2D eigenvalue weighted by Gasteiger charge is 1.95. The van der Waals surface area contributed by atoms with E-state index in [-0.39, 0.29) is 6.42 Å². The van der Waals surface area contributed by atoms with Crippen molar-refractivity contribution in [1.29, 1.82) is 0 Å². The molecule has 5 nitrogen and oxygen atoms in total. The van der Waals surface area contributed by atoms with Gasteiger partial charge in [0, 0.05) is 33.3 Å². The lowest BCUT2D eigenvalue weighted by atomic mass is 10.3. The van der Waals surface area contributed by atoms with Crippen LogP contribution in [0.3, 0.4) is 0 Å². The Morgan fingerprint density at radius 1 is 1.20 bits per heavy atom. The average molecular weight is 219 g/mol. The Morgan fingerprint density at radius 3 is 2.67 bits per heavy atom. The van der Waals surface area contributed by atoms with Gasteiger partial charge in [0.05, 0.1) is 6.61 Å². The second kappa shape index (κ2) is 11.4. The summed E-state index contributed by atoms with van der Waals surface area (Å²) in [5, 5.41) is 11.5. The number of hydrogen-bond donors (Lipinski definition) is 2. The molecular formula is C10H21NO4. The van der Waals surface area contributed by atoms with Crippen molar-refractivity contribution in [3.63, 3.8) is 0 Å². The molecule has 0 aliphatic heterocycles. The summed E-state index contributed by atoms with van der Waals surface area (Å²) in [6.07, 6.45) is 1.80. The third-order valence-corrected chi connectivity index (χ3v) is 1.80. The molecule has 0 spiro atoms. The van der Waals surface area contributed by atoms with E-state index in [2.05, 4.69) is 5.32 Å². The Labute approximate surface area is 90.8 Å². The molecular weight excluding hydrogens is 198 g/mol. The van der Waals surface area contributed by atoms with Crippen LogP contribution in [-0.4, -0.2) is 51.1 Å². The van der Waals surface area contributed by atoms with Crippen LogP contribution in [0.25, 0.3) is 0 Å². The van der Waals surface area contributed by atoms with Gasteiger partial charge in [0.25, 0.3) is 0 Å². The summed E-state index contributed by atoms with van der Waals surface area (Å²) in [5.41, 5.74) is 0. The van der Waals surface area contributed by atoms with Crippen LogP contribution in [0.4, 0.5) is 0 Å². The van der Waals surface area contributed by atoms with Gasteiger partial charge >= 0.3 is 5.97 Å². The number of carbonyl (C=O) groups is 1. The molecule has 0 atom stereocenters. The minimum atomic E-state index is -0.743. The van der Waals surface area contributed by atoms with E-state index in [1.807, 2.05) is 0 Å². The van der Waals surface area contributed by atoms with Crippen molar-refractivity contribution in [3.8, 4) is 0 Å². The van der Waals surface area contributed by atoms with Crippen LogP contribution >= 0.6 is 0 Å². The third kappa shape index (κ3) is 13.3. The molecule has 0 rings (SSSR count). The van der Waals surface area contributed by atoms with E-state index in [9.17, 15) is 4.79 Å². The highest BCUT2D eigenvalue weighted by molar-refractivity contribution is 5.66. The molecule has 90 valence electrons. The van der Waals surface area contributed by atoms with Crippen LogP contribution in [0.5, 0.6) is 0 Å². The largest absolute Gasteiger partial charge is 0.481 e. The molecule has 0 aromatic carbocycles. The molecule has 15 heavy (non-hydrogen) atoms. The van der Waals surface area contributed by atoms with E-state index < -0.39 is 5.97 Å². The fourth-order valence-corrected chi connectivity index (χ4v) is 1.04. The molecule has 0 radical (unpaired) electrons. The number of nitrogens with one attached hydrogen (secondary N) is 1. The summed E-state index contributed by atoms with van der Waals surface area (Å²) in [5.74, 6) is -0.743. The first kappa shape index (κ1) is 14.3. The van der Waals surface area contributed by atoms with Gasteiger partial charge in [-0.2, -0.15) is 0 Å². The zero-order chi connectivity index (χ0) is 11.4. The summed E-state index contributed by atoms with van der Waals surface area (Å²) in [6.45, 7) is 3.60. The lowest BCUT2D eigenvalue weighted by Crippen LogP contribution is -2.21. The van der Waals surface area contributed by atoms with Crippen molar-refractivity contribution < 1.29 is 19.4 Å². The maximum absolute atomic E-state index is 10.2. The van der Waals surface area contributed by atoms with Gasteiger partial charge in [-0.05, 0) is 19.4 Å². The Bertz CT molecular complexity index is 152. The predicted molar refractivity (Wildman–Crippen MR) is 57.1 cm³/mol. The quantitative estimate of drug-likeness (QED) is 0.495. The number of hydrogen-bond acceptors (Lipinski definition) is 4. The molecule has 0 saturated heterocycles. The van der Waals surface area contributed by atoms with Gasteiger partial charge in [0.2, 0.25) is 0 Å². The summed E-state index contributed by atoms with van der Waals surface area (Å²) in [7, 11) is 1.67. The molecule has 0 aromatic rings. The zero-order valence-electron chi connectivity index (χ0n) is 9.33. The first-order valence-electron chi connectivity index (χ1n) is 5.26. The van der Waals surface area contributed by atoms with Gasteiger partial charge in [-0.1, -0.05) is 0 Å². The van der Waals surface area contributed by atoms with Crippen molar-refractivity contribution in [3.05, 3.63) is 0 Å². The standard InChI is InChI=1S/C10H21NO4/c1-14-7-3-8-15-9-6-11-5-2-4-10(12)13/h11H,2-9H2,1H3,(H,12,13). The number of rotatable bonds is 11. The van der Waals surface area contributed by atoms with Crippen molar-refractivity contribution in [2.24, 2.45) is 0 Å². The SMILES string of the molecule is COCCCOCCNCCCC(=O)O. The summed E-state index contributed by atoms with van der Waals surface area (Å²) < 4.78 is 10.2. The highest BCUT2D eigenvalue weighted by atomic mass is 16.5. The van der Waals surface area contributed by atoms with Crippen LogP contribution in [0.15, 0.2) is 0 Å². The molecule has 2 N–H and O–H groups in total. The number of methoxy groups -OCH3 is 1. The molecule has 0 aliphatic carbocycles. The van der Waals surface area contributed by atoms with Crippen molar-refractivity contribution in [2.75, 3.05) is 40.0 Å². The van der Waals surface area contributed by atoms with E-state index in [4.69, 9.17) is 14.6 Å². The average Bonchev–Trinajstić information content (AvgIpc) is 2.20. The van der Waals surface area contributed by atoms with Gasteiger partial charge in [0.1, 0.15) is 0 Å². The first-order chi connectivity index (χ1) is 7.27. The molecule has 0 amide bonds. The summed E-state index contributed by atoms with van der Waals surface area (Å²) >= 11 is 0. The smallest absolute Gasteiger partial charge is 0.303 e. The van der Waals surface area contributed by atoms with Crippen molar-refractivity contribution >= 4 is 5.97 Å². The molecule has 0 aliphatic rings. The number of carboxylic acid groups (broad SMARTS) is 1. The van der Waals surface area contributed by atoms with E-state index in [0.717, 1.165) is 26.1 Å². The summed E-state index contributed by atoms with van der Waals surface area (Å²) in [4.78, 5) is 10.2. The van der Waals surface area contributed by atoms with E-state index >= 15 is 0 Å². The highest BCUT2D eigenvalue weighted by Crippen LogP contribution is 1.86. The van der Waals surface area contributed by atoms with E-state index in [0.29, 0.717) is 19.6 Å². The zero-order valence-corrected chi connectivity index (χ0v) is 9.33. The molecule has 0 aromatic heterocycles. The van der Waals surface area contributed by atoms with Gasteiger partial charge in [-0.15, -0.1) is 0 Å². The van der Waals surface area contributed by atoms with Gasteiger partial charge in [-0.25, -0.2) is 0 Å². The summed E-state index contributed by atoms with van der Waals surface area (Å²) in [6, 6.07) is 0. The molecule has 0 heterocycles. The fourth-order valence-electron chi connectivity index (χ4n) is 1.04. The van der Waals surface area contributed by atoms with Crippen molar-refractivity contribution in [1.82, 2.24) is 5.32 Å². The Kier molecular flexibility index (Phi) is 10.9. The Hall–Kier alpha value is -0.650. The Morgan fingerprint density at radius 2 is 2.00 bits per heavy atom. The minimum Gasteiger partial charge on any atom is -0.481 e. The van der Waals surface area contributed by atoms with Crippen LogP contribution in [0.2, 0.25) is 0 Å². The maximum atomic E-state index is 10.2. The molecule has 0 fully saturated rings. The second-order valence-electron chi connectivity index (χ2n) is 3.21. The van der Waals surface area contributed by atoms with Gasteiger partial charge < -0.3 is 19.9 Å². The minimum absolute atomic E-state index is 0.224.